The van der Waals surface area contributed by atoms with E-state index in [4.69, 9.17) is 5.73 Å². The van der Waals surface area contributed by atoms with E-state index in [0.717, 1.165) is 34.3 Å². The predicted molar refractivity (Wildman–Crippen MR) is 69.1 cm³/mol. The second kappa shape index (κ2) is 4.27. The number of nitrogens with one attached hydrogen (secondary N) is 1. The molecule has 0 aliphatic heterocycles. The van der Waals surface area contributed by atoms with E-state index in [1.165, 1.54) is 0 Å². The van der Waals surface area contributed by atoms with E-state index >= 15 is 0 Å². The van der Waals surface area contributed by atoms with Crippen molar-refractivity contribution in [2.75, 3.05) is 11.1 Å². The Labute approximate surface area is 98.7 Å². The zero-order valence-corrected chi connectivity index (χ0v) is 10.3. The molecule has 0 amide bonds. The van der Waals surface area contributed by atoms with Gasteiger partial charge in [0, 0.05) is 21.9 Å². The van der Waals surface area contributed by atoms with E-state index in [9.17, 15) is 0 Å². The van der Waals surface area contributed by atoms with Crippen molar-refractivity contribution in [1.82, 2.24) is 0 Å². The van der Waals surface area contributed by atoms with Crippen LogP contribution in [0.4, 0.5) is 11.4 Å². The third kappa shape index (κ3) is 2.34. The Morgan fingerprint density at radius 3 is 2.67 bits per heavy atom. The van der Waals surface area contributed by atoms with Crippen molar-refractivity contribution in [2.24, 2.45) is 0 Å². The largest absolute Gasteiger partial charge is 0.398 e. The van der Waals surface area contributed by atoms with Gasteiger partial charge in [0.05, 0.1) is 0 Å². The molecular weight excluding hydrogens is 252 g/mol. The molecule has 0 unspecified atom stereocenters. The average molecular weight is 267 g/mol. The number of hydrogen-bond donors (Lipinski definition) is 2. The fraction of sp³-hybridized carbons (Fsp3) is 0.333. The summed E-state index contributed by atoms with van der Waals surface area (Å²) in [6, 6.07) is 4.59. The Kier molecular flexibility index (Phi) is 3.00. The molecule has 0 atom stereocenters. The first kappa shape index (κ1) is 10.6. The molecule has 2 nitrogen and oxygen atoms in total. The number of benzene rings is 1. The number of anilines is 2. The van der Waals surface area contributed by atoms with E-state index in [1.54, 1.807) is 0 Å². The summed E-state index contributed by atoms with van der Waals surface area (Å²) in [4.78, 5) is 0. The highest BCUT2D eigenvalue weighted by molar-refractivity contribution is 9.10. The smallest absolute Gasteiger partial charge is 0.0491 e. The van der Waals surface area contributed by atoms with Crippen LogP contribution in [0.2, 0.25) is 0 Å². The summed E-state index contributed by atoms with van der Waals surface area (Å²) < 4.78 is 1.04. The van der Waals surface area contributed by atoms with Crippen LogP contribution in [0.3, 0.4) is 0 Å². The van der Waals surface area contributed by atoms with Gasteiger partial charge in [-0.05, 0) is 53.4 Å². The van der Waals surface area contributed by atoms with E-state index in [0.29, 0.717) is 6.04 Å². The van der Waals surface area contributed by atoms with Gasteiger partial charge < -0.3 is 11.1 Å². The lowest BCUT2D eigenvalue weighted by molar-refractivity contribution is 0.786. The van der Waals surface area contributed by atoms with Crippen LogP contribution >= 0.6 is 15.9 Å². The van der Waals surface area contributed by atoms with Gasteiger partial charge in [-0.1, -0.05) is 12.2 Å². The Hall–Kier alpha value is -0.960. The molecule has 0 radical (unpaired) electrons. The van der Waals surface area contributed by atoms with Crippen LogP contribution in [0.15, 0.2) is 28.8 Å². The monoisotopic (exact) mass is 266 g/mol. The van der Waals surface area contributed by atoms with Gasteiger partial charge >= 0.3 is 0 Å². The molecule has 0 spiro atoms. The van der Waals surface area contributed by atoms with Crippen molar-refractivity contribution in [3.8, 4) is 0 Å². The topological polar surface area (TPSA) is 38.0 Å². The molecule has 15 heavy (non-hydrogen) atoms. The standard InChI is InChI=1S/C12H15BrN2/c1-8-6-12(10(13)7-11(8)14)15-9-4-2-3-5-9/h2-3,6-7,9,15H,4-5,14H2,1H3. The third-order valence-corrected chi connectivity index (χ3v) is 3.38. The number of halogens is 1. The van der Waals surface area contributed by atoms with Crippen LogP contribution < -0.4 is 11.1 Å². The second-order valence-corrected chi connectivity index (χ2v) is 4.83. The van der Waals surface area contributed by atoms with E-state index < -0.39 is 0 Å². The zero-order chi connectivity index (χ0) is 10.8. The fourth-order valence-corrected chi connectivity index (χ4v) is 2.24. The van der Waals surface area contributed by atoms with Crippen LogP contribution in [0.25, 0.3) is 0 Å². The Morgan fingerprint density at radius 2 is 2.00 bits per heavy atom. The third-order valence-electron chi connectivity index (χ3n) is 2.72. The molecule has 0 saturated carbocycles. The first-order valence-corrected chi connectivity index (χ1v) is 5.93. The summed E-state index contributed by atoms with van der Waals surface area (Å²) in [5, 5.41) is 3.51. The van der Waals surface area contributed by atoms with Crippen LogP contribution in [0, 0.1) is 6.92 Å². The molecule has 0 saturated heterocycles. The Balaban J connectivity index is 2.17. The maximum Gasteiger partial charge on any atom is 0.0491 e. The van der Waals surface area contributed by atoms with Gasteiger partial charge in [-0.15, -0.1) is 0 Å². The molecule has 1 aromatic rings. The molecule has 1 aliphatic carbocycles. The molecular formula is C12H15BrN2. The fourth-order valence-electron chi connectivity index (χ4n) is 1.76. The van der Waals surface area contributed by atoms with Crippen molar-refractivity contribution >= 4 is 27.3 Å². The summed E-state index contributed by atoms with van der Waals surface area (Å²) >= 11 is 3.53. The van der Waals surface area contributed by atoms with Crippen molar-refractivity contribution in [3.63, 3.8) is 0 Å². The molecule has 1 aromatic carbocycles. The van der Waals surface area contributed by atoms with Crippen LogP contribution in [0.1, 0.15) is 18.4 Å². The maximum atomic E-state index is 5.83. The summed E-state index contributed by atoms with van der Waals surface area (Å²) in [5.41, 5.74) is 8.91. The van der Waals surface area contributed by atoms with Crippen molar-refractivity contribution in [2.45, 2.75) is 25.8 Å². The van der Waals surface area contributed by atoms with Crippen molar-refractivity contribution in [3.05, 3.63) is 34.3 Å². The number of hydrogen-bond acceptors (Lipinski definition) is 2. The number of nitrogen functional groups attached to an aromatic ring is 1. The lowest BCUT2D eigenvalue weighted by atomic mass is 10.1. The first-order chi connectivity index (χ1) is 7.16. The number of nitrogens with two attached hydrogens (primary N) is 1. The Morgan fingerprint density at radius 1 is 1.33 bits per heavy atom. The van der Waals surface area contributed by atoms with E-state index in [-0.39, 0.29) is 0 Å². The van der Waals surface area contributed by atoms with E-state index in [1.807, 2.05) is 13.0 Å². The van der Waals surface area contributed by atoms with Crippen LogP contribution in [-0.2, 0) is 0 Å². The molecule has 0 fully saturated rings. The minimum absolute atomic E-state index is 0.532. The number of rotatable bonds is 2. The minimum atomic E-state index is 0.532. The van der Waals surface area contributed by atoms with Gasteiger partial charge in [-0.2, -0.15) is 0 Å². The molecule has 0 aromatic heterocycles. The molecule has 80 valence electrons. The summed E-state index contributed by atoms with van der Waals surface area (Å²) in [6.45, 7) is 2.03. The van der Waals surface area contributed by atoms with Gasteiger partial charge in [-0.25, -0.2) is 0 Å². The van der Waals surface area contributed by atoms with Gasteiger partial charge in [-0.3, -0.25) is 0 Å². The van der Waals surface area contributed by atoms with Gasteiger partial charge in [0.2, 0.25) is 0 Å². The van der Waals surface area contributed by atoms with Gasteiger partial charge in [0.25, 0.3) is 0 Å². The van der Waals surface area contributed by atoms with Crippen LogP contribution in [0.5, 0.6) is 0 Å². The highest BCUT2D eigenvalue weighted by Gasteiger charge is 2.11. The summed E-state index contributed by atoms with van der Waals surface area (Å²) in [7, 11) is 0. The number of aryl methyl sites for hydroxylation is 1. The van der Waals surface area contributed by atoms with Gasteiger partial charge in [0.15, 0.2) is 0 Å². The molecule has 1 aliphatic rings. The molecule has 0 heterocycles. The highest BCUT2D eigenvalue weighted by atomic mass is 79.9. The lowest BCUT2D eigenvalue weighted by Gasteiger charge is -2.16. The SMILES string of the molecule is Cc1cc(NC2CC=CC2)c(Br)cc1N. The molecule has 0 bridgehead atoms. The summed E-state index contributed by atoms with van der Waals surface area (Å²) in [6.07, 6.45) is 6.65. The van der Waals surface area contributed by atoms with Gasteiger partial charge in [0.1, 0.15) is 0 Å². The normalized spacial score (nSPS) is 15.9. The molecule has 2 rings (SSSR count). The maximum absolute atomic E-state index is 5.83. The van der Waals surface area contributed by atoms with Crippen LogP contribution in [-0.4, -0.2) is 6.04 Å². The first-order valence-electron chi connectivity index (χ1n) is 5.14. The lowest BCUT2D eigenvalue weighted by Crippen LogP contribution is -2.15. The highest BCUT2D eigenvalue weighted by Crippen LogP contribution is 2.29. The zero-order valence-electron chi connectivity index (χ0n) is 8.76. The quantitative estimate of drug-likeness (QED) is 0.636. The Bertz CT molecular complexity index is 391. The summed E-state index contributed by atoms with van der Waals surface area (Å²) in [5.74, 6) is 0. The van der Waals surface area contributed by atoms with E-state index in [2.05, 4.69) is 39.5 Å². The molecule has 3 heteroatoms. The van der Waals surface area contributed by atoms with Crippen molar-refractivity contribution in [1.29, 1.82) is 0 Å². The molecule has 3 N–H and O–H groups in total. The minimum Gasteiger partial charge on any atom is -0.398 e. The average Bonchev–Trinajstić information content (AvgIpc) is 2.67. The second-order valence-electron chi connectivity index (χ2n) is 3.97. The predicted octanol–water partition coefficient (Wildman–Crippen LogP) is 3.47. The van der Waals surface area contributed by atoms with Crippen molar-refractivity contribution < 1.29 is 0 Å².